The fraction of sp³-hybridized carbons (Fsp3) is 0.250. The third-order valence-corrected chi connectivity index (χ3v) is 4.68. The van der Waals surface area contributed by atoms with E-state index in [0.717, 1.165) is 5.52 Å². The third-order valence-electron chi connectivity index (χ3n) is 4.12. The van der Waals surface area contributed by atoms with Crippen LogP contribution in [0.3, 0.4) is 0 Å². The van der Waals surface area contributed by atoms with Crippen molar-refractivity contribution >= 4 is 38.1 Å². The number of hydrogen-bond donors (Lipinski definition) is 0. The number of oxazole rings is 1. The lowest BCUT2D eigenvalue weighted by molar-refractivity contribution is 0.480. The van der Waals surface area contributed by atoms with E-state index in [-0.39, 0.29) is 5.56 Å². The molecule has 3 aromatic heterocycles. The first-order valence-corrected chi connectivity index (χ1v) is 8.51. The fourth-order valence-corrected chi connectivity index (χ4v) is 3.50. The Morgan fingerprint density at radius 2 is 2.00 bits per heavy atom. The molecule has 0 N–H and O–H groups in total. The SMILES string of the molecule is Cn1nc(Br)c2c(=O)n(CCCn3c(=O)oc4ccccc43)cnc21. The minimum absolute atomic E-state index is 0.158. The molecule has 4 aromatic rings. The Morgan fingerprint density at radius 3 is 2.84 bits per heavy atom. The minimum atomic E-state index is -0.392. The summed E-state index contributed by atoms with van der Waals surface area (Å²) in [6.07, 6.45) is 2.10. The highest BCUT2D eigenvalue weighted by molar-refractivity contribution is 9.10. The summed E-state index contributed by atoms with van der Waals surface area (Å²) in [4.78, 5) is 28.8. The summed E-state index contributed by atoms with van der Waals surface area (Å²) in [5.41, 5.74) is 1.69. The van der Waals surface area contributed by atoms with Gasteiger partial charge in [0.05, 0.1) is 11.8 Å². The maximum Gasteiger partial charge on any atom is 0.419 e. The fourth-order valence-electron chi connectivity index (χ4n) is 2.92. The van der Waals surface area contributed by atoms with Crippen LogP contribution >= 0.6 is 15.9 Å². The van der Waals surface area contributed by atoms with Crippen molar-refractivity contribution in [3.63, 3.8) is 0 Å². The van der Waals surface area contributed by atoms with E-state index >= 15 is 0 Å². The number of benzene rings is 1. The lowest BCUT2D eigenvalue weighted by Gasteiger charge is -2.06. The molecular weight excluding hydrogens is 390 g/mol. The van der Waals surface area contributed by atoms with Gasteiger partial charge in [-0.15, -0.1) is 0 Å². The molecule has 0 saturated carbocycles. The van der Waals surface area contributed by atoms with Crippen molar-refractivity contribution in [2.45, 2.75) is 19.5 Å². The van der Waals surface area contributed by atoms with Crippen molar-refractivity contribution in [1.82, 2.24) is 23.9 Å². The van der Waals surface area contributed by atoms with Crippen LogP contribution in [0.15, 0.2) is 49.2 Å². The minimum Gasteiger partial charge on any atom is -0.408 e. The number of nitrogens with zero attached hydrogens (tertiary/aromatic N) is 5. The Kier molecular flexibility index (Phi) is 3.79. The van der Waals surface area contributed by atoms with Crippen LogP contribution in [-0.2, 0) is 20.1 Å². The van der Waals surface area contributed by atoms with E-state index in [1.807, 2.05) is 18.2 Å². The van der Waals surface area contributed by atoms with Gasteiger partial charge in [0.1, 0.15) is 9.99 Å². The van der Waals surface area contributed by atoms with Crippen LogP contribution in [0.1, 0.15) is 6.42 Å². The molecule has 0 saturated heterocycles. The molecule has 8 nitrogen and oxygen atoms in total. The summed E-state index contributed by atoms with van der Waals surface area (Å²) in [5.74, 6) is -0.392. The zero-order valence-corrected chi connectivity index (χ0v) is 14.9. The second kappa shape index (κ2) is 5.99. The summed E-state index contributed by atoms with van der Waals surface area (Å²) in [5, 5.41) is 4.61. The van der Waals surface area contributed by atoms with Crippen LogP contribution < -0.4 is 11.3 Å². The first-order valence-electron chi connectivity index (χ1n) is 7.72. The first kappa shape index (κ1) is 15.8. The van der Waals surface area contributed by atoms with Crippen LogP contribution in [-0.4, -0.2) is 23.9 Å². The average Bonchev–Trinajstić information content (AvgIpc) is 3.06. The third kappa shape index (κ3) is 2.60. The second-order valence-corrected chi connectivity index (χ2v) is 6.45. The summed E-state index contributed by atoms with van der Waals surface area (Å²) in [6.45, 7) is 0.892. The standard InChI is InChI=1S/C16H14BrN5O3/c1-20-14-12(13(17)19-20)15(23)21(9-18-14)7-4-8-22-10-5-2-3-6-11(10)25-16(22)24/h2-3,5-6,9H,4,7-8H2,1H3. The number of halogens is 1. The first-order chi connectivity index (χ1) is 12.1. The predicted octanol–water partition coefficient (Wildman–Crippen LogP) is 1.89. The van der Waals surface area contributed by atoms with Crippen LogP contribution in [0.4, 0.5) is 0 Å². The highest BCUT2D eigenvalue weighted by Gasteiger charge is 2.14. The Hall–Kier alpha value is -2.68. The zero-order chi connectivity index (χ0) is 17.6. The van der Waals surface area contributed by atoms with Crippen molar-refractivity contribution in [2.24, 2.45) is 7.05 Å². The molecule has 0 aliphatic heterocycles. The Balaban J connectivity index is 1.60. The van der Waals surface area contributed by atoms with E-state index in [0.29, 0.717) is 40.7 Å². The van der Waals surface area contributed by atoms with Gasteiger partial charge in [0.15, 0.2) is 11.2 Å². The lowest BCUT2D eigenvalue weighted by atomic mass is 10.3. The molecule has 0 aliphatic rings. The van der Waals surface area contributed by atoms with Gasteiger partial charge in [0.2, 0.25) is 0 Å². The van der Waals surface area contributed by atoms with Gasteiger partial charge in [-0.2, -0.15) is 5.10 Å². The van der Waals surface area contributed by atoms with Crippen molar-refractivity contribution < 1.29 is 4.42 Å². The topological polar surface area (TPSA) is 87.9 Å². The number of aromatic nitrogens is 5. The Bertz CT molecular complexity index is 1200. The van der Waals surface area contributed by atoms with Gasteiger partial charge in [-0.1, -0.05) is 12.1 Å². The molecular formula is C16H14BrN5O3. The highest BCUT2D eigenvalue weighted by atomic mass is 79.9. The average molecular weight is 404 g/mol. The van der Waals surface area contributed by atoms with E-state index in [1.165, 1.54) is 10.9 Å². The van der Waals surface area contributed by atoms with Gasteiger partial charge in [-0.25, -0.2) is 14.5 Å². The Morgan fingerprint density at radius 1 is 1.20 bits per heavy atom. The predicted molar refractivity (Wildman–Crippen MR) is 95.6 cm³/mol. The number of aryl methyl sites for hydroxylation is 3. The molecule has 25 heavy (non-hydrogen) atoms. The summed E-state index contributed by atoms with van der Waals surface area (Å²) in [7, 11) is 1.74. The van der Waals surface area contributed by atoms with Gasteiger partial charge < -0.3 is 4.42 Å². The summed E-state index contributed by atoms with van der Waals surface area (Å²) < 4.78 is 10.4. The molecule has 1 aromatic carbocycles. The molecule has 0 bridgehead atoms. The van der Waals surface area contributed by atoms with Crippen LogP contribution in [0, 0.1) is 0 Å². The molecule has 0 amide bonds. The quantitative estimate of drug-likeness (QED) is 0.519. The molecule has 128 valence electrons. The lowest BCUT2D eigenvalue weighted by Crippen LogP contribution is -2.22. The largest absolute Gasteiger partial charge is 0.419 e. The summed E-state index contributed by atoms with van der Waals surface area (Å²) >= 11 is 3.30. The van der Waals surface area contributed by atoms with Crippen molar-refractivity contribution in [1.29, 1.82) is 0 Å². The molecule has 9 heteroatoms. The van der Waals surface area contributed by atoms with E-state index < -0.39 is 5.76 Å². The molecule has 0 atom stereocenters. The molecule has 3 heterocycles. The number of fused-ring (bicyclic) bond motifs is 2. The molecule has 0 radical (unpaired) electrons. The smallest absolute Gasteiger partial charge is 0.408 e. The molecule has 4 rings (SSSR count). The number of hydrogen-bond acceptors (Lipinski definition) is 5. The van der Waals surface area contributed by atoms with Gasteiger partial charge in [0, 0.05) is 20.1 Å². The Labute approximate surface area is 149 Å². The van der Waals surface area contributed by atoms with Crippen molar-refractivity contribution in [2.75, 3.05) is 0 Å². The van der Waals surface area contributed by atoms with Crippen LogP contribution in [0.2, 0.25) is 0 Å². The molecule has 0 aliphatic carbocycles. The normalized spacial score (nSPS) is 11.6. The van der Waals surface area contributed by atoms with Gasteiger partial charge in [0.25, 0.3) is 5.56 Å². The number of rotatable bonds is 4. The summed E-state index contributed by atoms with van der Waals surface area (Å²) in [6, 6.07) is 7.28. The van der Waals surface area contributed by atoms with E-state index in [1.54, 1.807) is 22.4 Å². The maximum absolute atomic E-state index is 12.6. The maximum atomic E-state index is 12.6. The molecule has 0 spiro atoms. The van der Waals surface area contributed by atoms with E-state index in [4.69, 9.17) is 4.42 Å². The zero-order valence-electron chi connectivity index (χ0n) is 13.3. The van der Waals surface area contributed by atoms with E-state index in [9.17, 15) is 9.59 Å². The number of para-hydroxylation sites is 2. The van der Waals surface area contributed by atoms with Gasteiger partial charge in [-0.05, 0) is 34.5 Å². The van der Waals surface area contributed by atoms with Crippen LogP contribution in [0.25, 0.3) is 22.1 Å². The van der Waals surface area contributed by atoms with Crippen molar-refractivity contribution in [3.8, 4) is 0 Å². The molecule has 0 fully saturated rings. The van der Waals surface area contributed by atoms with Gasteiger partial charge >= 0.3 is 5.76 Å². The highest BCUT2D eigenvalue weighted by Crippen LogP contribution is 2.17. The molecule has 0 unspecified atom stereocenters. The van der Waals surface area contributed by atoms with E-state index in [2.05, 4.69) is 26.0 Å². The monoisotopic (exact) mass is 403 g/mol. The second-order valence-electron chi connectivity index (χ2n) is 5.70. The van der Waals surface area contributed by atoms with Crippen molar-refractivity contribution in [3.05, 3.63) is 56.1 Å². The van der Waals surface area contributed by atoms with Gasteiger partial charge in [-0.3, -0.25) is 13.9 Å². The van der Waals surface area contributed by atoms with Crippen LogP contribution in [0.5, 0.6) is 0 Å².